The number of rotatable bonds is 2. The minimum Gasteiger partial charge on any atom is -0.316 e. The molecule has 2 aromatic rings. The summed E-state index contributed by atoms with van der Waals surface area (Å²) < 4.78 is 0.828. The first-order valence-corrected chi connectivity index (χ1v) is 7.82. The summed E-state index contributed by atoms with van der Waals surface area (Å²) in [5.74, 6) is 0.595. The number of nitrogens with zero attached hydrogens (tertiary/aromatic N) is 1. The van der Waals surface area contributed by atoms with Gasteiger partial charge in [-0.1, -0.05) is 11.6 Å². The van der Waals surface area contributed by atoms with E-state index in [1.54, 1.807) is 22.7 Å². The maximum Gasteiger partial charge on any atom is 0.0976 e. The fourth-order valence-electron chi connectivity index (χ4n) is 2.10. The summed E-state index contributed by atoms with van der Waals surface area (Å²) in [5.41, 5.74) is 1.08. The number of piperidine rings is 1. The monoisotopic (exact) mass is 284 g/mol. The van der Waals surface area contributed by atoms with Gasteiger partial charge in [0.1, 0.15) is 0 Å². The highest BCUT2D eigenvalue weighted by Gasteiger charge is 2.18. The Kier molecular flexibility index (Phi) is 3.47. The van der Waals surface area contributed by atoms with Crippen LogP contribution in [0.15, 0.2) is 17.5 Å². The van der Waals surface area contributed by atoms with Crippen LogP contribution in [0.2, 0.25) is 4.34 Å². The van der Waals surface area contributed by atoms with E-state index in [0.717, 1.165) is 23.1 Å². The molecule has 0 radical (unpaired) electrons. The highest BCUT2D eigenvalue weighted by molar-refractivity contribution is 7.19. The van der Waals surface area contributed by atoms with Crippen LogP contribution in [-0.4, -0.2) is 18.1 Å². The second kappa shape index (κ2) is 5.06. The summed E-state index contributed by atoms with van der Waals surface area (Å²) in [6, 6.07) is 3.98. The van der Waals surface area contributed by atoms with Crippen LogP contribution in [0.3, 0.4) is 0 Å². The lowest BCUT2D eigenvalue weighted by molar-refractivity contribution is 0.460. The molecule has 3 heterocycles. The number of thiophene rings is 1. The topological polar surface area (TPSA) is 24.9 Å². The average molecular weight is 285 g/mol. The zero-order valence-corrected chi connectivity index (χ0v) is 11.7. The van der Waals surface area contributed by atoms with Gasteiger partial charge in [0.2, 0.25) is 0 Å². The zero-order chi connectivity index (χ0) is 11.7. The first kappa shape index (κ1) is 11.7. The van der Waals surface area contributed by atoms with Crippen molar-refractivity contribution in [2.45, 2.75) is 18.8 Å². The molecular weight excluding hydrogens is 272 g/mol. The van der Waals surface area contributed by atoms with Crippen molar-refractivity contribution >= 4 is 34.3 Å². The van der Waals surface area contributed by atoms with Crippen molar-refractivity contribution in [2.75, 3.05) is 13.1 Å². The van der Waals surface area contributed by atoms with Gasteiger partial charge < -0.3 is 5.32 Å². The van der Waals surface area contributed by atoms with E-state index in [9.17, 15) is 0 Å². The number of nitrogens with one attached hydrogen (secondary N) is 1. The van der Waals surface area contributed by atoms with Crippen LogP contribution in [0, 0.1) is 0 Å². The molecule has 0 saturated carbocycles. The molecular formula is C12H13ClN2S2. The Hall–Kier alpha value is -0.420. The molecule has 1 fully saturated rings. The summed E-state index contributed by atoms with van der Waals surface area (Å²) >= 11 is 9.32. The summed E-state index contributed by atoms with van der Waals surface area (Å²) in [5, 5.41) is 6.84. The Balaban J connectivity index is 1.82. The van der Waals surface area contributed by atoms with Gasteiger partial charge in [-0.25, -0.2) is 4.98 Å². The lowest BCUT2D eigenvalue weighted by Gasteiger charge is -2.20. The molecule has 2 nitrogen and oxygen atoms in total. The highest BCUT2D eigenvalue weighted by Crippen LogP contribution is 2.34. The van der Waals surface area contributed by atoms with Crippen molar-refractivity contribution in [2.24, 2.45) is 0 Å². The first-order valence-electron chi connectivity index (χ1n) is 5.75. The van der Waals surface area contributed by atoms with Crippen LogP contribution >= 0.6 is 34.3 Å². The van der Waals surface area contributed by atoms with Gasteiger partial charge in [0.05, 0.1) is 19.9 Å². The molecule has 0 aliphatic carbocycles. The van der Waals surface area contributed by atoms with Crippen molar-refractivity contribution in [3.8, 4) is 10.6 Å². The van der Waals surface area contributed by atoms with Crippen LogP contribution in [0.4, 0.5) is 0 Å². The van der Waals surface area contributed by atoms with Gasteiger partial charge in [0.25, 0.3) is 0 Å². The summed E-state index contributed by atoms with van der Waals surface area (Å²) in [7, 11) is 0. The minimum atomic E-state index is 0.595. The molecule has 0 aromatic carbocycles. The Morgan fingerprint density at radius 2 is 2.35 bits per heavy atom. The Morgan fingerprint density at radius 3 is 3.06 bits per heavy atom. The van der Waals surface area contributed by atoms with Crippen LogP contribution in [0.1, 0.15) is 23.8 Å². The SMILES string of the molecule is Clc1ccc(-c2csc(C3CCCNC3)n2)s1. The molecule has 0 bridgehead atoms. The zero-order valence-electron chi connectivity index (χ0n) is 9.28. The molecule has 17 heavy (non-hydrogen) atoms. The smallest absolute Gasteiger partial charge is 0.0976 e. The quantitative estimate of drug-likeness (QED) is 0.902. The van der Waals surface area contributed by atoms with Crippen LogP contribution < -0.4 is 5.32 Å². The van der Waals surface area contributed by atoms with Gasteiger partial charge >= 0.3 is 0 Å². The third-order valence-electron chi connectivity index (χ3n) is 2.99. The largest absolute Gasteiger partial charge is 0.316 e. The third kappa shape index (κ3) is 2.55. The van der Waals surface area contributed by atoms with Crippen molar-refractivity contribution in [1.82, 2.24) is 10.3 Å². The standard InChI is InChI=1S/C12H13ClN2S2/c13-11-4-3-10(17-11)9-7-16-12(15-9)8-2-1-5-14-6-8/h3-4,7-8,14H,1-2,5-6H2. The number of hydrogen-bond donors (Lipinski definition) is 1. The highest BCUT2D eigenvalue weighted by atomic mass is 35.5. The van der Waals surface area contributed by atoms with Crippen molar-refractivity contribution in [1.29, 1.82) is 0 Å². The predicted molar refractivity (Wildman–Crippen MR) is 75.3 cm³/mol. The summed E-state index contributed by atoms with van der Waals surface area (Å²) in [6.45, 7) is 2.22. The number of aromatic nitrogens is 1. The van der Waals surface area contributed by atoms with E-state index in [0.29, 0.717) is 5.92 Å². The lowest BCUT2D eigenvalue weighted by Crippen LogP contribution is -2.28. The predicted octanol–water partition coefficient (Wildman–Crippen LogP) is 3.99. The maximum absolute atomic E-state index is 5.95. The van der Waals surface area contributed by atoms with Gasteiger partial charge in [-0.3, -0.25) is 0 Å². The number of thiazole rings is 1. The van der Waals surface area contributed by atoms with Gasteiger partial charge in [-0.05, 0) is 31.5 Å². The van der Waals surface area contributed by atoms with Crippen molar-refractivity contribution < 1.29 is 0 Å². The molecule has 5 heteroatoms. The van der Waals surface area contributed by atoms with E-state index < -0.39 is 0 Å². The molecule has 90 valence electrons. The van der Waals surface area contributed by atoms with Crippen molar-refractivity contribution in [3.63, 3.8) is 0 Å². The van der Waals surface area contributed by atoms with Gasteiger partial charge in [-0.2, -0.15) is 0 Å². The van der Waals surface area contributed by atoms with Crippen LogP contribution in [0.25, 0.3) is 10.6 Å². The lowest BCUT2D eigenvalue weighted by atomic mass is 10.0. The third-order valence-corrected chi connectivity index (χ3v) is 5.25. The van der Waals surface area contributed by atoms with E-state index in [-0.39, 0.29) is 0 Å². The van der Waals surface area contributed by atoms with E-state index >= 15 is 0 Å². The molecule has 1 N–H and O–H groups in total. The Bertz CT molecular complexity index is 500. The minimum absolute atomic E-state index is 0.595. The van der Waals surface area contributed by atoms with Gasteiger partial charge in [0.15, 0.2) is 0 Å². The van der Waals surface area contributed by atoms with Gasteiger partial charge in [-0.15, -0.1) is 22.7 Å². The fraction of sp³-hybridized carbons (Fsp3) is 0.417. The first-order chi connectivity index (χ1) is 8.33. The Morgan fingerprint density at radius 1 is 1.41 bits per heavy atom. The molecule has 1 aliphatic rings. The maximum atomic E-state index is 5.95. The van der Waals surface area contributed by atoms with E-state index in [4.69, 9.17) is 16.6 Å². The molecule has 0 spiro atoms. The molecule has 1 atom stereocenters. The fourth-order valence-corrected chi connectivity index (χ4v) is 4.14. The molecule has 2 aromatic heterocycles. The molecule has 0 amide bonds. The molecule has 1 unspecified atom stereocenters. The van der Waals surface area contributed by atoms with Crippen LogP contribution in [0.5, 0.6) is 0 Å². The molecule has 1 aliphatic heterocycles. The van der Waals surface area contributed by atoms with E-state index in [1.807, 2.05) is 12.1 Å². The Labute approximate surface area is 114 Å². The second-order valence-electron chi connectivity index (χ2n) is 4.22. The van der Waals surface area contributed by atoms with Crippen LogP contribution in [-0.2, 0) is 0 Å². The summed E-state index contributed by atoms with van der Waals surface area (Å²) in [6.07, 6.45) is 2.51. The number of halogens is 1. The van der Waals surface area contributed by atoms with E-state index in [1.165, 1.54) is 22.7 Å². The summed E-state index contributed by atoms with van der Waals surface area (Å²) in [4.78, 5) is 5.92. The average Bonchev–Trinajstić information content (AvgIpc) is 2.98. The number of hydrogen-bond acceptors (Lipinski definition) is 4. The van der Waals surface area contributed by atoms with Crippen molar-refractivity contribution in [3.05, 3.63) is 26.9 Å². The molecule has 3 rings (SSSR count). The normalized spacial score (nSPS) is 20.6. The van der Waals surface area contributed by atoms with Gasteiger partial charge in [0, 0.05) is 17.8 Å². The molecule has 1 saturated heterocycles. The second-order valence-corrected chi connectivity index (χ2v) is 6.82. The van der Waals surface area contributed by atoms with E-state index in [2.05, 4.69) is 10.7 Å².